The minimum atomic E-state index is -3.90. The molecule has 1 aliphatic rings. The highest BCUT2D eigenvalue weighted by Gasteiger charge is 2.31. The zero-order valence-corrected chi connectivity index (χ0v) is 20.1. The molecule has 13 heteroatoms. The third kappa shape index (κ3) is 5.12. The van der Waals surface area contributed by atoms with E-state index >= 15 is 0 Å². The van der Waals surface area contributed by atoms with Crippen LogP contribution in [0.4, 0.5) is 15.2 Å². The monoisotopic (exact) mass is 530 g/mol. The highest BCUT2D eigenvalue weighted by Crippen LogP contribution is 2.30. The van der Waals surface area contributed by atoms with Crippen molar-refractivity contribution in [3.05, 3.63) is 79.0 Å². The molecule has 0 spiro atoms. The van der Waals surface area contributed by atoms with Crippen LogP contribution in [-0.4, -0.2) is 48.8 Å². The lowest BCUT2D eigenvalue weighted by atomic mass is 10.1. The van der Waals surface area contributed by atoms with E-state index in [0.29, 0.717) is 19.5 Å². The minimum Gasteiger partial charge on any atom is -0.345 e. The largest absolute Gasteiger partial charge is 0.345 e. The Bertz CT molecular complexity index is 1310. The summed E-state index contributed by atoms with van der Waals surface area (Å²) in [5.41, 5.74) is 1.08. The van der Waals surface area contributed by atoms with Gasteiger partial charge in [0.2, 0.25) is 10.0 Å². The van der Waals surface area contributed by atoms with Crippen molar-refractivity contribution in [1.82, 2.24) is 9.29 Å². The predicted molar refractivity (Wildman–Crippen MR) is 125 cm³/mol. The fourth-order valence-corrected chi connectivity index (χ4v) is 6.07. The van der Waals surface area contributed by atoms with Crippen molar-refractivity contribution in [3.8, 4) is 0 Å². The fourth-order valence-electron chi connectivity index (χ4n) is 3.44. The Balaban J connectivity index is 1.42. The van der Waals surface area contributed by atoms with Crippen molar-refractivity contribution >= 4 is 55.4 Å². The molecule has 2 aromatic carbocycles. The van der Waals surface area contributed by atoms with E-state index in [1.54, 1.807) is 6.07 Å². The third-order valence-corrected chi connectivity index (χ3v) is 8.64. The Morgan fingerprint density at radius 2 is 1.79 bits per heavy atom. The van der Waals surface area contributed by atoms with Crippen molar-refractivity contribution in [2.45, 2.75) is 11.3 Å². The SMILES string of the molecule is O=[N+]([O-])c1cc(S(=O)(=O)N2CCN(c3nc(Cc4ccc(Cl)c(F)c4)cs3)CC2)ccc1Cl. The number of halogens is 3. The normalized spacial score (nSPS) is 15.1. The zero-order chi connectivity index (χ0) is 23.8. The van der Waals surface area contributed by atoms with Crippen molar-refractivity contribution in [1.29, 1.82) is 0 Å². The highest BCUT2D eigenvalue weighted by molar-refractivity contribution is 7.89. The first-order chi connectivity index (χ1) is 15.6. The van der Waals surface area contributed by atoms with Gasteiger partial charge in [-0.05, 0) is 29.8 Å². The number of hydrogen-bond acceptors (Lipinski definition) is 7. The minimum absolute atomic E-state index is 0.0683. The van der Waals surface area contributed by atoms with Crippen molar-refractivity contribution in [3.63, 3.8) is 0 Å². The van der Waals surface area contributed by atoms with Crippen LogP contribution in [-0.2, 0) is 16.4 Å². The van der Waals surface area contributed by atoms with Gasteiger partial charge in [-0.15, -0.1) is 11.3 Å². The smallest absolute Gasteiger partial charge is 0.289 e. The van der Waals surface area contributed by atoms with Gasteiger partial charge in [0.05, 0.1) is 20.5 Å². The third-order valence-electron chi connectivity index (χ3n) is 5.17. The summed E-state index contributed by atoms with van der Waals surface area (Å²) in [5.74, 6) is -0.479. The molecule has 0 N–H and O–H groups in total. The Morgan fingerprint density at radius 3 is 2.45 bits per heavy atom. The maximum Gasteiger partial charge on any atom is 0.289 e. The van der Waals surface area contributed by atoms with Crippen LogP contribution in [0, 0.1) is 15.9 Å². The molecular formula is C20H17Cl2FN4O4S2. The predicted octanol–water partition coefficient (Wildman–Crippen LogP) is 4.60. The standard InChI is InChI=1S/C20H17Cl2FN4O4S2/c21-16-3-1-13(10-18(16)23)9-14-12-32-20(24-14)25-5-7-26(8-6-25)33(30,31)15-2-4-17(22)19(11-15)27(28)29/h1-4,10-12H,5-9H2. The molecule has 4 rings (SSSR count). The summed E-state index contributed by atoms with van der Waals surface area (Å²) in [6.45, 7) is 1.24. The Hall–Kier alpha value is -2.31. The summed E-state index contributed by atoms with van der Waals surface area (Å²) in [5, 5.41) is 13.7. The van der Waals surface area contributed by atoms with Crippen LogP contribution in [0.15, 0.2) is 46.7 Å². The van der Waals surface area contributed by atoms with E-state index in [1.165, 1.54) is 39.9 Å². The molecule has 0 amide bonds. The Kier molecular flexibility index (Phi) is 6.87. The van der Waals surface area contributed by atoms with E-state index in [9.17, 15) is 22.9 Å². The molecule has 0 saturated carbocycles. The first kappa shape index (κ1) is 23.8. The van der Waals surface area contributed by atoms with Crippen molar-refractivity contribution < 1.29 is 17.7 Å². The molecule has 0 bridgehead atoms. The van der Waals surface area contributed by atoms with Gasteiger partial charge in [-0.3, -0.25) is 10.1 Å². The van der Waals surface area contributed by atoms with Gasteiger partial charge in [0.1, 0.15) is 10.8 Å². The van der Waals surface area contributed by atoms with Gasteiger partial charge < -0.3 is 4.90 Å². The van der Waals surface area contributed by atoms with Gasteiger partial charge in [-0.25, -0.2) is 17.8 Å². The second-order valence-electron chi connectivity index (χ2n) is 7.31. The van der Waals surface area contributed by atoms with Gasteiger partial charge >= 0.3 is 0 Å². The fraction of sp³-hybridized carbons (Fsp3) is 0.250. The van der Waals surface area contributed by atoms with Crippen LogP contribution in [0.3, 0.4) is 0 Å². The van der Waals surface area contributed by atoms with Crippen LogP contribution >= 0.6 is 34.5 Å². The number of anilines is 1. The molecular weight excluding hydrogens is 514 g/mol. The molecule has 1 aliphatic heterocycles. The van der Waals surface area contributed by atoms with E-state index < -0.39 is 26.5 Å². The molecule has 8 nitrogen and oxygen atoms in total. The quantitative estimate of drug-likeness (QED) is 0.341. The number of benzene rings is 2. The topological polar surface area (TPSA) is 96.6 Å². The number of nitro groups is 1. The van der Waals surface area contributed by atoms with Crippen LogP contribution < -0.4 is 4.90 Å². The van der Waals surface area contributed by atoms with E-state index in [1.807, 2.05) is 10.3 Å². The summed E-state index contributed by atoms with van der Waals surface area (Å²) in [6, 6.07) is 8.10. The Morgan fingerprint density at radius 1 is 1.09 bits per heavy atom. The summed E-state index contributed by atoms with van der Waals surface area (Å²) in [4.78, 5) is 16.8. The molecule has 0 aliphatic carbocycles. The first-order valence-corrected chi connectivity index (χ1v) is 12.8. The summed E-state index contributed by atoms with van der Waals surface area (Å²) >= 11 is 12.9. The Labute approximate surface area is 203 Å². The zero-order valence-electron chi connectivity index (χ0n) is 16.9. The summed E-state index contributed by atoms with van der Waals surface area (Å²) < 4.78 is 40.9. The van der Waals surface area contributed by atoms with Gasteiger partial charge in [0.15, 0.2) is 5.13 Å². The number of aromatic nitrogens is 1. The first-order valence-electron chi connectivity index (χ1n) is 9.72. The number of piperazine rings is 1. The molecule has 174 valence electrons. The second kappa shape index (κ2) is 9.51. The van der Waals surface area contributed by atoms with E-state index in [4.69, 9.17) is 23.2 Å². The average molecular weight is 531 g/mol. The maximum absolute atomic E-state index is 13.7. The van der Waals surface area contributed by atoms with Gasteiger partial charge in [0.25, 0.3) is 5.69 Å². The van der Waals surface area contributed by atoms with E-state index in [-0.39, 0.29) is 28.0 Å². The number of hydrogen-bond donors (Lipinski definition) is 0. The number of nitro benzene ring substituents is 1. The lowest BCUT2D eigenvalue weighted by molar-refractivity contribution is -0.384. The van der Waals surface area contributed by atoms with Gasteiger partial charge in [0, 0.05) is 44.0 Å². The van der Waals surface area contributed by atoms with E-state index in [2.05, 4.69) is 4.98 Å². The lowest BCUT2D eigenvalue weighted by Gasteiger charge is -2.33. The molecule has 2 heterocycles. The molecule has 3 aromatic rings. The summed E-state index contributed by atoms with van der Waals surface area (Å²) in [6.07, 6.45) is 0.453. The van der Waals surface area contributed by atoms with Crippen LogP contribution in [0.25, 0.3) is 0 Å². The molecule has 33 heavy (non-hydrogen) atoms. The van der Waals surface area contributed by atoms with Crippen molar-refractivity contribution in [2.75, 3.05) is 31.1 Å². The van der Waals surface area contributed by atoms with E-state index in [0.717, 1.165) is 22.5 Å². The highest BCUT2D eigenvalue weighted by atomic mass is 35.5. The number of sulfonamides is 1. The number of rotatable bonds is 6. The molecule has 0 unspecified atom stereocenters. The van der Waals surface area contributed by atoms with Gasteiger partial charge in [-0.1, -0.05) is 29.3 Å². The van der Waals surface area contributed by atoms with Crippen LogP contribution in [0.2, 0.25) is 10.0 Å². The summed E-state index contributed by atoms with van der Waals surface area (Å²) in [7, 11) is -3.90. The van der Waals surface area contributed by atoms with Crippen LogP contribution in [0.1, 0.15) is 11.3 Å². The molecule has 0 atom stereocenters. The lowest BCUT2D eigenvalue weighted by Crippen LogP contribution is -2.48. The maximum atomic E-state index is 13.7. The molecule has 0 radical (unpaired) electrons. The van der Waals surface area contributed by atoms with Crippen molar-refractivity contribution in [2.24, 2.45) is 0 Å². The van der Waals surface area contributed by atoms with Gasteiger partial charge in [-0.2, -0.15) is 4.31 Å². The molecule has 1 fully saturated rings. The average Bonchev–Trinajstić information content (AvgIpc) is 3.25. The molecule has 1 saturated heterocycles. The van der Waals surface area contributed by atoms with Crippen LogP contribution in [0.5, 0.6) is 0 Å². The number of nitrogens with zero attached hydrogens (tertiary/aromatic N) is 4. The number of thiazole rings is 1. The molecule has 1 aromatic heterocycles. The second-order valence-corrected chi connectivity index (χ2v) is 10.9.